The van der Waals surface area contributed by atoms with Crippen LogP contribution in [-0.2, 0) is 9.47 Å². The molecule has 1 saturated heterocycles. The van der Waals surface area contributed by atoms with Gasteiger partial charge in [-0.1, -0.05) is 0 Å². The van der Waals surface area contributed by atoms with Crippen molar-refractivity contribution in [2.24, 2.45) is 0 Å². The summed E-state index contributed by atoms with van der Waals surface area (Å²) in [6.07, 6.45) is -0.199. The van der Waals surface area contributed by atoms with Crippen LogP contribution in [0.25, 0.3) is 0 Å². The quantitative estimate of drug-likeness (QED) is 0.868. The van der Waals surface area contributed by atoms with Crippen molar-refractivity contribution in [1.82, 2.24) is 9.88 Å². The second-order valence-corrected chi connectivity index (χ2v) is 6.91. The van der Waals surface area contributed by atoms with Crippen molar-refractivity contribution in [2.45, 2.75) is 53.2 Å². The molecule has 1 amide bonds. The van der Waals surface area contributed by atoms with Crippen molar-refractivity contribution in [1.29, 1.82) is 0 Å². The Labute approximate surface area is 137 Å². The summed E-state index contributed by atoms with van der Waals surface area (Å²) in [5.74, 6) is -0.502. The molecule has 0 radical (unpaired) electrons. The highest BCUT2D eigenvalue weighted by molar-refractivity contribution is 6.00. The Hall–Kier alpha value is -1.82. The van der Waals surface area contributed by atoms with E-state index in [0.29, 0.717) is 42.2 Å². The molecule has 0 bridgehead atoms. The predicted octanol–water partition coefficient (Wildman–Crippen LogP) is 2.45. The summed E-state index contributed by atoms with van der Waals surface area (Å²) in [7, 11) is 0. The van der Waals surface area contributed by atoms with E-state index in [1.165, 1.54) is 0 Å². The SMILES string of the molecule is Cc1[nH]c(C(=O)N2CCOC(C)(C)C2)c(C)c1C(=O)OC(C)C. The number of esters is 1. The molecule has 6 heteroatoms. The molecule has 1 N–H and O–H groups in total. The lowest BCUT2D eigenvalue weighted by Gasteiger charge is -2.38. The lowest BCUT2D eigenvalue weighted by atomic mass is 10.1. The van der Waals surface area contributed by atoms with Crippen molar-refractivity contribution < 1.29 is 19.1 Å². The predicted molar refractivity (Wildman–Crippen MR) is 86.8 cm³/mol. The number of nitrogens with zero attached hydrogens (tertiary/aromatic N) is 1. The highest BCUT2D eigenvalue weighted by Crippen LogP contribution is 2.23. The summed E-state index contributed by atoms with van der Waals surface area (Å²) >= 11 is 0. The maximum Gasteiger partial charge on any atom is 0.340 e. The smallest absolute Gasteiger partial charge is 0.340 e. The van der Waals surface area contributed by atoms with Crippen LogP contribution in [0.2, 0.25) is 0 Å². The van der Waals surface area contributed by atoms with Gasteiger partial charge in [0.25, 0.3) is 5.91 Å². The summed E-state index contributed by atoms with van der Waals surface area (Å²) in [6.45, 7) is 12.7. The number of ether oxygens (including phenoxy) is 2. The second kappa shape index (κ2) is 6.35. The fourth-order valence-corrected chi connectivity index (χ4v) is 2.89. The number of carbonyl (C=O) groups excluding carboxylic acids is 2. The van der Waals surface area contributed by atoms with Crippen molar-refractivity contribution in [3.63, 3.8) is 0 Å². The topological polar surface area (TPSA) is 71.6 Å². The molecule has 1 fully saturated rings. The number of aromatic nitrogens is 1. The van der Waals surface area contributed by atoms with Gasteiger partial charge in [0.15, 0.2) is 0 Å². The minimum atomic E-state index is -0.396. The maximum absolute atomic E-state index is 12.8. The Balaban J connectivity index is 2.27. The van der Waals surface area contributed by atoms with Crippen LogP contribution in [0.15, 0.2) is 0 Å². The normalized spacial score (nSPS) is 17.4. The van der Waals surface area contributed by atoms with Crippen LogP contribution in [0.3, 0.4) is 0 Å². The number of aryl methyl sites for hydroxylation is 1. The average Bonchev–Trinajstić information content (AvgIpc) is 2.71. The molecule has 1 aromatic rings. The van der Waals surface area contributed by atoms with E-state index >= 15 is 0 Å². The molecule has 128 valence electrons. The Morgan fingerprint density at radius 1 is 1.30 bits per heavy atom. The zero-order valence-electron chi connectivity index (χ0n) is 14.8. The molecule has 0 atom stereocenters. The first kappa shape index (κ1) is 17.5. The summed E-state index contributed by atoms with van der Waals surface area (Å²) < 4.78 is 10.9. The standard InChI is InChI=1S/C17H26N2O4/c1-10(2)23-16(21)13-11(3)14(18-12(13)4)15(20)19-7-8-22-17(5,6)9-19/h10,18H,7-9H2,1-6H3. The van der Waals surface area contributed by atoms with Crippen LogP contribution in [0.5, 0.6) is 0 Å². The third-order valence-corrected chi connectivity index (χ3v) is 3.91. The number of hydrogen-bond acceptors (Lipinski definition) is 4. The van der Waals surface area contributed by atoms with Crippen molar-refractivity contribution in [2.75, 3.05) is 19.7 Å². The number of amides is 1. The molecular weight excluding hydrogens is 296 g/mol. The highest BCUT2D eigenvalue weighted by atomic mass is 16.5. The molecule has 2 heterocycles. The minimum absolute atomic E-state index is 0.106. The zero-order valence-corrected chi connectivity index (χ0v) is 14.8. The van der Waals surface area contributed by atoms with Gasteiger partial charge in [-0.15, -0.1) is 0 Å². The molecule has 0 spiro atoms. The van der Waals surface area contributed by atoms with Gasteiger partial charge in [0.05, 0.1) is 23.9 Å². The Kier molecular flexibility index (Phi) is 4.84. The van der Waals surface area contributed by atoms with Gasteiger partial charge in [-0.25, -0.2) is 4.79 Å². The van der Waals surface area contributed by atoms with Gasteiger partial charge in [-0.3, -0.25) is 4.79 Å². The number of nitrogens with one attached hydrogen (secondary N) is 1. The summed E-state index contributed by atoms with van der Waals surface area (Å²) in [5, 5.41) is 0. The van der Waals surface area contributed by atoms with Gasteiger partial charge in [-0.05, 0) is 47.1 Å². The van der Waals surface area contributed by atoms with Crippen molar-refractivity contribution in [3.05, 3.63) is 22.5 Å². The van der Waals surface area contributed by atoms with Crippen LogP contribution >= 0.6 is 0 Å². The first-order valence-corrected chi connectivity index (χ1v) is 7.96. The Bertz CT molecular complexity index is 616. The van der Waals surface area contributed by atoms with E-state index in [9.17, 15) is 9.59 Å². The van der Waals surface area contributed by atoms with Gasteiger partial charge in [-0.2, -0.15) is 0 Å². The van der Waals surface area contributed by atoms with E-state index in [1.54, 1.807) is 32.6 Å². The molecule has 0 saturated carbocycles. The first-order chi connectivity index (χ1) is 10.6. The average molecular weight is 322 g/mol. The highest BCUT2D eigenvalue weighted by Gasteiger charge is 2.33. The number of rotatable bonds is 3. The first-order valence-electron chi connectivity index (χ1n) is 7.96. The largest absolute Gasteiger partial charge is 0.459 e. The van der Waals surface area contributed by atoms with Gasteiger partial charge in [0, 0.05) is 18.8 Å². The second-order valence-electron chi connectivity index (χ2n) is 6.91. The molecule has 0 aromatic carbocycles. The Morgan fingerprint density at radius 2 is 1.96 bits per heavy atom. The third-order valence-electron chi connectivity index (χ3n) is 3.91. The lowest BCUT2D eigenvalue weighted by molar-refractivity contribution is -0.0765. The van der Waals surface area contributed by atoms with Crippen LogP contribution in [-0.4, -0.2) is 53.2 Å². The molecule has 0 unspecified atom stereocenters. The fraction of sp³-hybridized carbons (Fsp3) is 0.647. The lowest BCUT2D eigenvalue weighted by Crippen LogP contribution is -2.50. The number of aromatic amines is 1. The number of carbonyl (C=O) groups is 2. The van der Waals surface area contributed by atoms with Gasteiger partial charge in [0.1, 0.15) is 5.69 Å². The molecule has 2 rings (SSSR count). The van der Waals surface area contributed by atoms with Crippen LogP contribution in [0.4, 0.5) is 0 Å². The van der Waals surface area contributed by atoms with Crippen molar-refractivity contribution >= 4 is 11.9 Å². The van der Waals surface area contributed by atoms with Crippen LogP contribution in [0.1, 0.15) is 59.8 Å². The van der Waals surface area contributed by atoms with Crippen LogP contribution < -0.4 is 0 Å². The fourth-order valence-electron chi connectivity index (χ4n) is 2.89. The third kappa shape index (κ3) is 3.75. The zero-order chi connectivity index (χ0) is 17.4. The molecule has 1 aromatic heterocycles. The van der Waals surface area contributed by atoms with Gasteiger partial charge >= 0.3 is 5.97 Å². The van der Waals surface area contributed by atoms with E-state index in [2.05, 4.69) is 4.98 Å². The summed E-state index contributed by atoms with van der Waals surface area (Å²) in [6, 6.07) is 0. The van der Waals surface area contributed by atoms with E-state index in [4.69, 9.17) is 9.47 Å². The van der Waals surface area contributed by atoms with Crippen molar-refractivity contribution in [3.8, 4) is 0 Å². The number of hydrogen-bond donors (Lipinski definition) is 1. The van der Waals surface area contributed by atoms with E-state index < -0.39 is 5.97 Å². The molecule has 23 heavy (non-hydrogen) atoms. The summed E-state index contributed by atoms with van der Waals surface area (Å²) in [5.41, 5.74) is 1.85. The number of H-pyrrole nitrogens is 1. The van der Waals surface area contributed by atoms with Gasteiger partial charge in [0.2, 0.25) is 0 Å². The van der Waals surface area contributed by atoms with E-state index in [0.717, 1.165) is 0 Å². The molecule has 1 aliphatic rings. The molecule has 1 aliphatic heterocycles. The Morgan fingerprint density at radius 3 is 2.52 bits per heavy atom. The minimum Gasteiger partial charge on any atom is -0.459 e. The molecule has 6 nitrogen and oxygen atoms in total. The van der Waals surface area contributed by atoms with E-state index in [-0.39, 0.29) is 17.6 Å². The van der Waals surface area contributed by atoms with Crippen LogP contribution in [0, 0.1) is 13.8 Å². The maximum atomic E-state index is 12.8. The van der Waals surface area contributed by atoms with Gasteiger partial charge < -0.3 is 19.4 Å². The molecule has 0 aliphatic carbocycles. The molecular formula is C17H26N2O4. The monoisotopic (exact) mass is 322 g/mol. The van der Waals surface area contributed by atoms with E-state index in [1.807, 2.05) is 13.8 Å². The number of morpholine rings is 1. The summed E-state index contributed by atoms with van der Waals surface area (Å²) in [4.78, 5) is 29.9.